The molecule has 0 aliphatic heterocycles. The number of rotatable bonds is 6. The van der Waals surface area contributed by atoms with Crippen molar-refractivity contribution in [3.8, 4) is 5.75 Å². The topological polar surface area (TPSA) is 61.6 Å². The molecule has 0 spiro atoms. The first-order valence-corrected chi connectivity index (χ1v) is 6.35. The zero-order valence-corrected chi connectivity index (χ0v) is 11.9. The third kappa shape index (κ3) is 4.52. The van der Waals surface area contributed by atoms with Crippen LogP contribution in [0.1, 0.15) is 33.3 Å². The summed E-state index contributed by atoms with van der Waals surface area (Å²) in [6.45, 7) is 9.54. The summed E-state index contributed by atoms with van der Waals surface area (Å²) in [7, 11) is 0. The highest BCUT2D eigenvalue weighted by Crippen LogP contribution is 2.34. The van der Waals surface area contributed by atoms with Gasteiger partial charge in [0.05, 0.1) is 17.6 Å². The normalized spacial score (nSPS) is 11.4. The second-order valence-electron chi connectivity index (χ2n) is 5.23. The van der Waals surface area contributed by atoms with Gasteiger partial charge < -0.3 is 9.47 Å². The van der Waals surface area contributed by atoms with Crippen molar-refractivity contribution in [1.82, 2.24) is 0 Å². The van der Waals surface area contributed by atoms with Crippen LogP contribution in [-0.4, -0.2) is 24.7 Å². The second kappa shape index (κ2) is 6.52. The molecule has 0 heterocycles. The lowest BCUT2D eigenvalue weighted by atomic mass is 9.86. The average Bonchev–Trinajstić information content (AvgIpc) is 2.33. The van der Waals surface area contributed by atoms with E-state index in [9.17, 15) is 10.1 Å². The minimum Gasteiger partial charge on any atom is -0.491 e. The maximum absolute atomic E-state index is 10.8. The molecule has 0 aliphatic rings. The minimum absolute atomic E-state index is 0.0411. The number of nitrogens with zero attached hydrogens (tertiary/aromatic N) is 1. The summed E-state index contributed by atoms with van der Waals surface area (Å²) in [6, 6.07) is 4.75. The van der Waals surface area contributed by atoms with Gasteiger partial charge in [-0.1, -0.05) is 20.8 Å². The molecule has 0 bridgehead atoms. The van der Waals surface area contributed by atoms with E-state index in [1.807, 2.05) is 27.7 Å². The molecule has 0 saturated heterocycles. The monoisotopic (exact) mass is 267 g/mol. The number of nitro benzene ring substituents is 1. The quantitative estimate of drug-likeness (QED) is 0.450. The Bertz CT molecular complexity index is 438. The molecular formula is C14H21NO4. The fraction of sp³-hybridized carbons (Fsp3) is 0.571. The molecule has 0 aliphatic carbocycles. The van der Waals surface area contributed by atoms with Gasteiger partial charge in [0.1, 0.15) is 12.4 Å². The predicted octanol–water partition coefficient (Wildman–Crippen LogP) is 3.31. The maximum atomic E-state index is 10.8. The number of benzene rings is 1. The van der Waals surface area contributed by atoms with E-state index in [0.717, 1.165) is 5.56 Å². The maximum Gasteiger partial charge on any atom is 0.273 e. The Hall–Kier alpha value is -1.62. The number of nitro groups is 1. The SMILES string of the molecule is CCOCCOc1cc([N+](=O)[O-])ccc1C(C)(C)C. The first kappa shape index (κ1) is 15.4. The molecular weight excluding hydrogens is 246 g/mol. The fourth-order valence-electron chi connectivity index (χ4n) is 1.72. The van der Waals surface area contributed by atoms with Crippen LogP contribution in [-0.2, 0) is 10.2 Å². The van der Waals surface area contributed by atoms with E-state index in [2.05, 4.69) is 0 Å². The van der Waals surface area contributed by atoms with E-state index in [-0.39, 0.29) is 11.1 Å². The Morgan fingerprint density at radius 3 is 2.47 bits per heavy atom. The minimum atomic E-state index is -0.415. The van der Waals surface area contributed by atoms with Crippen LogP contribution in [0, 0.1) is 10.1 Å². The summed E-state index contributed by atoms with van der Waals surface area (Å²) in [5.74, 6) is 0.557. The third-order valence-electron chi connectivity index (χ3n) is 2.67. The molecule has 1 aromatic carbocycles. The van der Waals surface area contributed by atoms with Crippen molar-refractivity contribution < 1.29 is 14.4 Å². The molecule has 5 heteroatoms. The van der Waals surface area contributed by atoms with E-state index < -0.39 is 4.92 Å². The first-order chi connectivity index (χ1) is 8.86. The fourth-order valence-corrected chi connectivity index (χ4v) is 1.72. The van der Waals surface area contributed by atoms with Crippen molar-refractivity contribution in [3.05, 3.63) is 33.9 Å². The highest BCUT2D eigenvalue weighted by molar-refractivity contribution is 5.47. The Balaban J connectivity index is 2.95. The van der Waals surface area contributed by atoms with E-state index in [1.165, 1.54) is 12.1 Å². The molecule has 0 aromatic heterocycles. The van der Waals surface area contributed by atoms with Crippen molar-refractivity contribution in [2.75, 3.05) is 19.8 Å². The van der Waals surface area contributed by atoms with Gasteiger partial charge in [-0.3, -0.25) is 10.1 Å². The summed E-state index contributed by atoms with van der Waals surface area (Å²) < 4.78 is 10.8. The van der Waals surface area contributed by atoms with Crippen molar-refractivity contribution in [2.45, 2.75) is 33.1 Å². The molecule has 0 atom stereocenters. The predicted molar refractivity (Wildman–Crippen MR) is 73.8 cm³/mol. The third-order valence-corrected chi connectivity index (χ3v) is 2.67. The molecule has 0 fully saturated rings. The highest BCUT2D eigenvalue weighted by Gasteiger charge is 2.21. The molecule has 106 valence electrons. The molecule has 1 rings (SSSR count). The molecule has 0 unspecified atom stereocenters. The van der Waals surface area contributed by atoms with Crippen molar-refractivity contribution in [1.29, 1.82) is 0 Å². The Morgan fingerprint density at radius 1 is 1.26 bits per heavy atom. The number of hydrogen-bond donors (Lipinski definition) is 0. The van der Waals surface area contributed by atoms with Gasteiger partial charge >= 0.3 is 0 Å². The number of hydrogen-bond acceptors (Lipinski definition) is 4. The van der Waals surface area contributed by atoms with Gasteiger partial charge in [-0.25, -0.2) is 0 Å². The van der Waals surface area contributed by atoms with E-state index in [1.54, 1.807) is 6.07 Å². The molecule has 0 N–H and O–H groups in total. The number of ether oxygens (including phenoxy) is 2. The lowest BCUT2D eigenvalue weighted by Gasteiger charge is -2.22. The van der Waals surface area contributed by atoms with Gasteiger partial charge in [0, 0.05) is 12.7 Å². The summed E-state index contributed by atoms with van der Waals surface area (Å²) in [4.78, 5) is 10.4. The van der Waals surface area contributed by atoms with Gasteiger partial charge in [-0.15, -0.1) is 0 Å². The molecule has 0 radical (unpaired) electrons. The van der Waals surface area contributed by atoms with Crippen LogP contribution in [0.3, 0.4) is 0 Å². The molecule has 1 aromatic rings. The molecule has 0 amide bonds. The van der Waals surface area contributed by atoms with Gasteiger partial charge in [-0.2, -0.15) is 0 Å². The first-order valence-electron chi connectivity index (χ1n) is 6.35. The van der Waals surface area contributed by atoms with Crippen LogP contribution < -0.4 is 4.74 Å². The molecule has 0 saturated carbocycles. The van der Waals surface area contributed by atoms with Crippen LogP contribution in [0.2, 0.25) is 0 Å². The Kier molecular flexibility index (Phi) is 5.30. The zero-order valence-electron chi connectivity index (χ0n) is 11.9. The largest absolute Gasteiger partial charge is 0.491 e. The second-order valence-corrected chi connectivity index (χ2v) is 5.23. The van der Waals surface area contributed by atoms with E-state index in [0.29, 0.717) is 25.6 Å². The van der Waals surface area contributed by atoms with Crippen LogP contribution in [0.5, 0.6) is 5.75 Å². The van der Waals surface area contributed by atoms with Crippen LogP contribution in [0.15, 0.2) is 18.2 Å². The Labute approximate surface area is 113 Å². The van der Waals surface area contributed by atoms with Gasteiger partial charge in [0.15, 0.2) is 0 Å². The van der Waals surface area contributed by atoms with Crippen LogP contribution in [0.25, 0.3) is 0 Å². The summed E-state index contributed by atoms with van der Waals surface area (Å²) in [6.07, 6.45) is 0. The van der Waals surface area contributed by atoms with Crippen molar-refractivity contribution >= 4 is 5.69 Å². The van der Waals surface area contributed by atoms with E-state index in [4.69, 9.17) is 9.47 Å². The van der Waals surface area contributed by atoms with Crippen LogP contribution >= 0.6 is 0 Å². The van der Waals surface area contributed by atoms with Gasteiger partial charge in [-0.05, 0) is 24.0 Å². The van der Waals surface area contributed by atoms with Crippen LogP contribution in [0.4, 0.5) is 5.69 Å². The molecule has 19 heavy (non-hydrogen) atoms. The standard InChI is InChI=1S/C14H21NO4/c1-5-18-8-9-19-13-10-11(15(16)17)6-7-12(13)14(2,3)4/h6-7,10H,5,8-9H2,1-4H3. The smallest absolute Gasteiger partial charge is 0.273 e. The summed E-state index contributed by atoms with van der Waals surface area (Å²) in [5.41, 5.74) is 0.866. The number of non-ortho nitro benzene ring substituents is 1. The van der Waals surface area contributed by atoms with Gasteiger partial charge in [0.25, 0.3) is 5.69 Å². The lowest BCUT2D eigenvalue weighted by Crippen LogP contribution is -2.15. The van der Waals surface area contributed by atoms with E-state index >= 15 is 0 Å². The average molecular weight is 267 g/mol. The zero-order chi connectivity index (χ0) is 14.5. The highest BCUT2D eigenvalue weighted by atomic mass is 16.6. The summed E-state index contributed by atoms with van der Waals surface area (Å²) in [5, 5.41) is 10.8. The Morgan fingerprint density at radius 2 is 1.95 bits per heavy atom. The summed E-state index contributed by atoms with van der Waals surface area (Å²) >= 11 is 0. The van der Waals surface area contributed by atoms with Gasteiger partial charge in [0.2, 0.25) is 0 Å². The molecule has 5 nitrogen and oxygen atoms in total. The van der Waals surface area contributed by atoms with Crippen molar-refractivity contribution in [3.63, 3.8) is 0 Å². The van der Waals surface area contributed by atoms with Crippen molar-refractivity contribution in [2.24, 2.45) is 0 Å². The lowest BCUT2D eigenvalue weighted by molar-refractivity contribution is -0.385.